The van der Waals surface area contributed by atoms with Gasteiger partial charge >= 0.3 is 0 Å². The Morgan fingerprint density at radius 3 is 2.00 bits per heavy atom. The van der Waals surface area contributed by atoms with Crippen molar-refractivity contribution in [3.8, 4) is 0 Å². The van der Waals surface area contributed by atoms with E-state index in [2.05, 4.69) is 0 Å². The number of alkyl halides is 1. The van der Waals surface area contributed by atoms with Crippen molar-refractivity contribution >= 4 is 0 Å². The fourth-order valence-corrected chi connectivity index (χ4v) is 0. The van der Waals surface area contributed by atoms with Crippen molar-refractivity contribution in [2.45, 2.75) is 6.36 Å². The van der Waals surface area contributed by atoms with Crippen molar-refractivity contribution in [3.05, 3.63) is 0 Å². The van der Waals surface area contributed by atoms with Crippen LogP contribution in [0.4, 0.5) is 4.39 Å². The molecule has 0 saturated carbocycles. The summed E-state index contributed by atoms with van der Waals surface area (Å²) >= 11 is 0. The Morgan fingerprint density at radius 1 is 1.80 bits per heavy atom. The standard InChI is InChI=1S/C2H3FO2/c3-2(5)1-4/h2H,1H2. The Kier molecular flexibility index (Phi) is 2.05. The summed E-state index contributed by atoms with van der Waals surface area (Å²) in [5.41, 5.74) is 0. The molecule has 0 aromatic rings. The lowest BCUT2D eigenvalue weighted by molar-refractivity contribution is -0.0771. The van der Waals surface area contributed by atoms with Gasteiger partial charge in [-0.25, -0.2) is 9.50 Å². The van der Waals surface area contributed by atoms with Crippen molar-refractivity contribution in [1.29, 1.82) is 0 Å². The van der Waals surface area contributed by atoms with Gasteiger partial charge in [0, 0.05) is 0 Å². The first-order valence-electron chi connectivity index (χ1n) is 1.15. The maximum atomic E-state index is 10.6. The molecule has 0 aliphatic carbocycles. The van der Waals surface area contributed by atoms with Gasteiger partial charge in [0.25, 0.3) is 6.36 Å². The summed E-state index contributed by atoms with van der Waals surface area (Å²) in [6.45, 7) is -1.17. The molecule has 0 saturated heterocycles. The van der Waals surface area contributed by atoms with Crippen molar-refractivity contribution < 1.29 is 14.6 Å². The van der Waals surface area contributed by atoms with Gasteiger partial charge in [0.15, 0.2) is 0 Å². The van der Waals surface area contributed by atoms with Gasteiger partial charge in [0.05, 0.1) is 0 Å². The number of hydrogen-bond acceptors (Lipinski definition) is 0. The Hall–Kier alpha value is -0.150. The van der Waals surface area contributed by atoms with Crippen LogP contribution in [0.5, 0.6) is 0 Å². The fourth-order valence-electron chi connectivity index (χ4n) is 0. The average molecular weight is 78.0 g/mol. The van der Waals surface area contributed by atoms with Gasteiger partial charge in [-0.1, -0.05) is 0 Å². The molecule has 0 aliphatic heterocycles. The molecule has 2 nitrogen and oxygen atoms in total. The van der Waals surface area contributed by atoms with E-state index in [-0.39, 0.29) is 0 Å². The van der Waals surface area contributed by atoms with Crippen LogP contribution >= 0.6 is 0 Å². The van der Waals surface area contributed by atoms with Gasteiger partial charge < -0.3 is 0 Å². The number of halogens is 1. The van der Waals surface area contributed by atoms with E-state index in [1.807, 2.05) is 0 Å². The number of rotatable bonds is 1. The normalized spacial score (nSPS) is 15.0. The Morgan fingerprint density at radius 2 is 2.00 bits per heavy atom. The molecule has 5 heavy (non-hydrogen) atoms. The summed E-state index contributed by atoms with van der Waals surface area (Å²) in [7, 11) is 0. The van der Waals surface area contributed by atoms with Crippen molar-refractivity contribution in [2.24, 2.45) is 0 Å². The summed E-state index contributed by atoms with van der Waals surface area (Å²) in [6, 6.07) is 0. The van der Waals surface area contributed by atoms with E-state index in [0.717, 1.165) is 0 Å². The van der Waals surface area contributed by atoms with Crippen LogP contribution in [0, 0.1) is 0 Å². The molecule has 0 aromatic carbocycles. The molecule has 0 aromatic heterocycles. The molecule has 0 heterocycles. The zero-order chi connectivity index (χ0) is 4.28. The molecule has 0 fully saturated rings. The number of hydrogen-bond donors (Lipinski definition) is 0. The third-order valence-corrected chi connectivity index (χ3v) is 0.131. The summed E-state index contributed by atoms with van der Waals surface area (Å²) < 4.78 is 10.6. The highest BCUT2D eigenvalue weighted by atomic mass is 19.1. The first kappa shape index (κ1) is 4.85. The maximum Gasteiger partial charge on any atom is 0.257 e. The summed E-state index contributed by atoms with van der Waals surface area (Å²) in [6.07, 6.45) is -2.42. The van der Waals surface area contributed by atoms with Crippen molar-refractivity contribution in [1.82, 2.24) is 0 Å². The molecular formula is C2H3FO2. The predicted molar refractivity (Wildman–Crippen MR) is 11.1 cm³/mol. The van der Waals surface area contributed by atoms with Crippen LogP contribution in [0.15, 0.2) is 0 Å². The maximum absolute atomic E-state index is 10.6. The molecular weight excluding hydrogens is 75.0 g/mol. The molecule has 0 rings (SSSR count). The lowest BCUT2D eigenvalue weighted by atomic mass is 10.8. The smallest absolute Gasteiger partial charge is 0.231 e. The molecule has 1 atom stereocenters. The van der Waals surface area contributed by atoms with E-state index in [1.54, 1.807) is 0 Å². The molecule has 2 radical (unpaired) electrons. The third kappa shape index (κ3) is 3.85. The van der Waals surface area contributed by atoms with E-state index in [1.165, 1.54) is 0 Å². The fraction of sp³-hybridized carbons (Fsp3) is 1.00. The monoisotopic (exact) mass is 78.0 g/mol. The van der Waals surface area contributed by atoms with Crippen LogP contribution in [0.25, 0.3) is 0 Å². The van der Waals surface area contributed by atoms with Crippen LogP contribution < -0.4 is 0 Å². The second kappa shape index (κ2) is 2.11. The van der Waals surface area contributed by atoms with E-state index < -0.39 is 13.0 Å². The third-order valence-electron chi connectivity index (χ3n) is 0.131. The van der Waals surface area contributed by atoms with Crippen LogP contribution in [0.2, 0.25) is 0 Å². The molecule has 30 valence electrons. The van der Waals surface area contributed by atoms with E-state index in [4.69, 9.17) is 10.2 Å². The molecule has 0 spiro atoms. The van der Waals surface area contributed by atoms with Crippen LogP contribution in [0.3, 0.4) is 0 Å². The zero-order valence-electron chi connectivity index (χ0n) is 2.48. The lowest BCUT2D eigenvalue weighted by Gasteiger charge is -1.78. The Bertz CT molecular complexity index is 21.6. The molecule has 0 N–H and O–H groups in total. The van der Waals surface area contributed by atoms with Gasteiger partial charge in [-0.3, -0.25) is 0 Å². The first-order chi connectivity index (χ1) is 2.27. The lowest BCUT2D eigenvalue weighted by Crippen LogP contribution is -1.97. The van der Waals surface area contributed by atoms with Crippen LogP contribution in [0.1, 0.15) is 0 Å². The topological polar surface area (TPSA) is 39.8 Å². The highest BCUT2D eigenvalue weighted by Crippen LogP contribution is 1.77. The second-order valence-electron chi connectivity index (χ2n) is 0.577. The highest BCUT2D eigenvalue weighted by Gasteiger charge is 1.94. The predicted octanol–water partition coefficient (Wildman–Crippen LogP) is 0.143. The Labute approximate surface area is 28.9 Å². The van der Waals surface area contributed by atoms with Gasteiger partial charge in [-0.05, 0) is 0 Å². The van der Waals surface area contributed by atoms with Gasteiger partial charge in [0.1, 0.15) is 6.61 Å². The zero-order valence-corrected chi connectivity index (χ0v) is 2.48. The molecule has 1 unspecified atom stereocenters. The minimum atomic E-state index is -2.42. The molecule has 0 aliphatic rings. The van der Waals surface area contributed by atoms with E-state index in [0.29, 0.717) is 0 Å². The quantitative estimate of drug-likeness (QED) is 0.428. The van der Waals surface area contributed by atoms with Crippen molar-refractivity contribution in [3.63, 3.8) is 0 Å². The average Bonchev–Trinajstić information content (AvgIpc) is 1.38. The van der Waals surface area contributed by atoms with Crippen LogP contribution in [-0.2, 0) is 10.2 Å². The van der Waals surface area contributed by atoms with E-state index in [9.17, 15) is 4.39 Å². The SMILES string of the molecule is [O]CC([O])F. The summed E-state index contributed by atoms with van der Waals surface area (Å²) in [5, 5.41) is 17.9. The Balaban J connectivity index is 2.54. The largest absolute Gasteiger partial charge is 0.257 e. The minimum Gasteiger partial charge on any atom is -0.231 e. The van der Waals surface area contributed by atoms with Gasteiger partial charge in [0.2, 0.25) is 0 Å². The minimum absolute atomic E-state index is 1.17. The van der Waals surface area contributed by atoms with E-state index >= 15 is 0 Å². The van der Waals surface area contributed by atoms with Crippen LogP contribution in [-0.4, -0.2) is 13.0 Å². The first-order valence-corrected chi connectivity index (χ1v) is 1.15. The van der Waals surface area contributed by atoms with Crippen molar-refractivity contribution in [2.75, 3.05) is 6.61 Å². The second-order valence-corrected chi connectivity index (χ2v) is 0.577. The van der Waals surface area contributed by atoms with Gasteiger partial charge in [-0.15, -0.1) is 0 Å². The molecule has 3 heteroatoms. The summed E-state index contributed by atoms with van der Waals surface area (Å²) in [5.74, 6) is 0. The summed E-state index contributed by atoms with van der Waals surface area (Å²) in [4.78, 5) is 0. The highest BCUT2D eigenvalue weighted by molar-refractivity contribution is 4.20. The van der Waals surface area contributed by atoms with Gasteiger partial charge in [-0.2, -0.15) is 5.11 Å². The molecule has 0 amide bonds. The molecule has 0 bridgehead atoms.